The molecule has 106 valence electrons. The van der Waals surface area contributed by atoms with Gasteiger partial charge in [0.25, 0.3) is 0 Å². The maximum Gasteiger partial charge on any atom is -0.0417 e. The number of rotatable bonds is 7. The molecule has 0 aromatic carbocycles. The molecular weight excluding hydrogens is 198 g/mol. The maximum absolute atomic E-state index is 2.37. The van der Waals surface area contributed by atoms with E-state index >= 15 is 0 Å². The van der Waals surface area contributed by atoms with E-state index in [4.69, 9.17) is 0 Å². The van der Waals surface area contributed by atoms with Gasteiger partial charge >= 0.3 is 0 Å². The molecule has 0 saturated carbocycles. The largest absolute Gasteiger partial charge is 0.344 e. The highest BCUT2D eigenvalue weighted by Gasteiger charge is 2.06. The van der Waals surface area contributed by atoms with Crippen molar-refractivity contribution in [3.63, 3.8) is 0 Å². The van der Waals surface area contributed by atoms with E-state index in [9.17, 15) is 0 Å². The summed E-state index contributed by atoms with van der Waals surface area (Å²) in [5, 5.41) is 0. The summed E-state index contributed by atoms with van der Waals surface area (Å²) in [4.78, 5) is 0. The molecule has 0 aromatic heterocycles. The molecule has 0 aliphatic heterocycles. The molecule has 0 aliphatic rings. The van der Waals surface area contributed by atoms with Gasteiger partial charge in [-0.2, -0.15) is 0 Å². The van der Waals surface area contributed by atoms with Crippen molar-refractivity contribution < 1.29 is 0 Å². The van der Waals surface area contributed by atoms with Crippen molar-refractivity contribution in [2.45, 2.75) is 73.6 Å². The zero-order chi connectivity index (χ0) is 9.40. The van der Waals surface area contributed by atoms with Gasteiger partial charge in [0.2, 0.25) is 0 Å². The first-order valence-electron chi connectivity index (χ1n) is 5.74. The first-order valence-corrected chi connectivity index (χ1v) is 5.74. The van der Waals surface area contributed by atoms with Crippen molar-refractivity contribution in [3.05, 3.63) is 0 Å². The van der Waals surface area contributed by atoms with Gasteiger partial charge in [-0.3, -0.25) is 0 Å². The van der Waals surface area contributed by atoms with Crippen LogP contribution in [0.5, 0.6) is 0 Å². The summed E-state index contributed by atoms with van der Waals surface area (Å²) in [6, 6.07) is 0. The first-order chi connectivity index (χ1) is 5.74. The van der Waals surface area contributed by atoms with Crippen LogP contribution < -0.4 is 18.5 Å². The van der Waals surface area contributed by atoms with E-state index in [1.165, 1.54) is 38.5 Å². The summed E-state index contributed by atoms with van der Waals surface area (Å²) < 4.78 is 0. The van der Waals surface area contributed by atoms with E-state index in [1.807, 2.05) is 0 Å². The monoisotopic (exact) mass is 237 g/mol. The highest BCUT2D eigenvalue weighted by atomic mass is 14.1. The second kappa shape index (κ2) is 20.3. The van der Waals surface area contributed by atoms with Gasteiger partial charge in [-0.05, 0) is 11.8 Å². The molecule has 3 heteroatoms. The van der Waals surface area contributed by atoms with Crippen molar-refractivity contribution in [2.24, 2.45) is 11.8 Å². The minimum Gasteiger partial charge on any atom is -0.344 e. The summed E-state index contributed by atoms with van der Waals surface area (Å²) in [7, 11) is 0. The average Bonchev–Trinajstić information content (AvgIpc) is 2.11. The minimum atomic E-state index is 0. The van der Waals surface area contributed by atoms with Crippen molar-refractivity contribution in [3.8, 4) is 0 Å². The lowest BCUT2D eigenvalue weighted by molar-refractivity contribution is 0.373. The zero-order valence-electron chi connectivity index (χ0n) is 11.5. The quantitative estimate of drug-likeness (QED) is 0.524. The van der Waals surface area contributed by atoms with Crippen LogP contribution in [-0.4, -0.2) is 0 Å². The second-order valence-corrected chi connectivity index (χ2v) is 4.15. The topological polar surface area (TPSA) is 105 Å². The highest BCUT2D eigenvalue weighted by Crippen LogP contribution is 2.21. The fourth-order valence-electron chi connectivity index (χ4n) is 1.69. The Morgan fingerprint density at radius 3 is 1.56 bits per heavy atom. The third-order valence-corrected chi connectivity index (χ3v) is 3.04. The minimum absolute atomic E-state index is 0. The van der Waals surface area contributed by atoms with Gasteiger partial charge in [0, 0.05) is 0 Å². The molecule has 0 radical (unpaired) electrons. The Hall–Kier alpha value is -0.120. The molecule has 0 bridgehead atoms. The smallest absolute Gasteiger partial charge is 0.0417 e. The molecule has 0 amide bonds. The molecule has 16 heavy (non-hydrogen) atoms. The van der Waals surface area contributed by atoms with E-state index < -0.39 is 0 Å². The highest BCUT2D eigenvalue weighted by molar-refractivity contribution is 4.59. The van der Waals surface area contributed by atoms with E-state index in [1.54, 1.807) is 0 Å². The van der Waals surface area contributed by atoms with Gasteiger partial charge < -0.3 is 18.5 Å². The lowest BCUT2D eigenvalue weighted by Crippen LogP contribution is -2.01. The van der Waals surface area contributed by atoms with Crippen LogP contribution in [0.25, 0.3) is 0 Å². The van der Waals surface area contributed by atoms with Crippen molar-refractivity contribution >= 4 is 0 Å². The Morgan fingerprint density at radius 2 is 1.25 bits per heavy atom. The van der Waals surface area contributed by atoms with Crippen LogP contribution >= 0.6 is 0 Å². The fourth-order valence-corrected chi connectivity index (χ4v) is 1.69. The van der Waals surface area contributed by atoms with Crippen LogP contribution in [0.2, 0.25) is 0 Å². The van der Waals surface area contributed by atoms with Crippen LogP contribution in [0.4, 0.5) is 0 Å². The van der Waals surface area contributed by atoms with Crippen molar-refractivity contribution in [1.82, 2.24) is 18.5 Å². The molecule has 3 nitrogen and oxygen atoms in total. The predicted molar refractivity (Wildman–Crippen MR) is 79.2 cm³/mol. The zero-order valence-corrected chi connectivity index (χ0v) is 11.5. The van der Waals surface area contributed by atoms with Gasteiger partial charge in [0.05, 0.1) is 0 Å². The molecule has 0 heterocycles. The summed E-state index contributed by atoms with van der Waals surface area (Å²) in [5.74, 6) is 1.94. The van der Waals surface area contributed by atoms with Gasteiger partial charge in [-0.15, -0.1) is 0 Å². The molecule has 0 fully saturated rings. The van der Waals surface area contributed by atoms with Gasteiger partial charge in [0.15, 0.2) is 0 Å². The Kier molecular flexibility index (Phi) is 37.7. The molecule has 9 N–H and O–H groups in total. The van der Waals surface area contributed by atoms with Crippen molar-refractivity contribution in [2.75, 3.05) is 0 Å². The van der Waals surface area contributed by atoms with E-state index in [-0.39, 0.29) is 25.9 Å². The lowest BCUT2D eigenvalue weighted by Gasteiger charge is -2.15. The van der Waals surface area contributed by atoms with Gasteiger partial charge in [-0.25, -0.2) is 0 Å². The van der Waals surface area contributed by atoms with E-state index in [0.717, 1.165) is 11.8 Å². The Labute approximate surface area is 105 Å². The van der Waals surface area contributed by atoms with Crippen LogP contribution in [0.3, 0.4) is 0 Å². The third kappa shape index (κ3) is 16.3. The van der Waals surface area contributed by atoms with Crippen LogP contribution in [-0.2, 0) is 0 Å². The predicted octanol–water partition coefficient (Wildman–Crippen LogP) is 5.76. The van der Waals surface area contributed by atoms with Crippen LogP contribution in [0, 0.1) is 11.8 Å². The van der Waals surface area contributed by atoms with Crippen LogP contribution in [0.1, 0.15) is 73.6 Å². The molecule has 0 aliphatic carbocycles. The normalized spacial score (nSPS) is 12.0. The summed E-state index contributed by atoms with van der Waals surface area (Å²) in [6.07, 6.45) is 8.42. The maximum atomic E-state index is 2.37. The summed E-state index contributed by atoms with van der Waals surface area (Å²) >= 11 is 0. The number of hydrogen-bond acceptors (Lipinski definition) is 3. The number of hydrogen-bond donors (Lipinski definition) is 3. The van der Waals surface area contributed by atoms with E-state index in [2.05, 4.69) is 27.7 Å². The Balaban J connectivity index is -0.000000101. The van der Waals surface area contributed by atoms with Crippen LogP contribution in [0.15, 0.2) is 0 Å². The molecule has 0 aromatic rings. The first kappa shape index (κ1) is 29.7. The van der Waals surface area contributed by atoms with Gasteiger partial charge in [-0.1, -0.05) is 73.6 Å². The Morgan fingerprint density at radius 1 is 0.750 bits per heavy atom. The second-order valence-electron chi connectivity index (χ2n) is 4.15. The molecule has 0 rings (SSSR count). The molecule has 2 unspecified atom stereocenters. The molecular formula is C13H39N3. The van der Waals surface area contributed by atoms with Gasteiger partial charge in [0.1, 0.15) is 0 Å². The van der Waals surface area contributed by atoms with E-state index in [0.29, 0.717) is 0 Å². The third-order valence-electron chi connectivity index (χ3n) is 3.04. The molecule has 0 spiro atoms. The molecule has 0 saturated heterocycles. The average molecular weight is 237 g/mol. The standard InChI is InChI=1S/C12H26.CH4.3H3N/c1-5-8-12(7-3)10-9-11(4)6-2;;;;/h11-12H,5-10H2,1-4H3;1H4;3*1H3. The lowest BCUT2D eigenvalue weighted by atomic mass is 9.91. The summed E-state index contributed by atoms with van der Waals surface area (Å²) in [6.45, 7) is 9.30. The molecule has 2 atom stereocenters. The SMILES string of the molecule is C.CCCC(CC)CCC(C)CC.N.N.N. The van der Waals surface area contributed by atoms with Crippen molar-refractivity contribution in [1.29, 1.82) is 0 Å². The Bertz CT molecular complexity index is 97.2. The summed E-state index contributed by atoms with van der Waals surface area (Å²) in [5.41, 5.74) is 0. The fraction of sp³-hybridized carbons (Fsp3) is 1.00.